The molecule has 0 saturated carbocycles. The lowest BCUT2D eigenvalue weighted by molar-refractivity contribution is -0.684. The predicted octanol–water partition coefficient (Wildman–Crippen LogP) is 1.80. The zero-order chi connectivity index (χ0) is 12.4. The van der Waals surface area contributed by atoms with Crippen LogP contribution in [0.25, 0.3) is 0 Å². The van der Waals surface area contributed by atoms with Crippen LogP contribution in [0.4, 0.5) is 0 Å². The molecule has 0 unspecified atom stereocenters. The number of halogens is 1. The molecular formula is C13H18BrN2O+. The van der Waals surface area contributed by atoms with Crippen LogP contribution in [0.2, 0.25) is 0 Å². The van der Waals surface area contributed by atoms with E-state index >= 15 is 0 Å². The van der Waals surface area contributed by atoms with Crippen molar-refractivity contribution in [1.82, 2.24) is 4.90 Å². The van der Waals surface area contributed by atoms with Crippen molar-refractivity contribution in [2.75, 3.05) is 20.1 Å². The molecule has 0 amide bonds. The average molecular weight is 298 g/mol. The fraction of sp³-hybridized carbons (Fsp3) is 0.538. The number of pyridine rings is 1. The number of carbonyl (C=O) groups excluding carboxylic acids is 1. The fourth-order valence-corrected chi connectivity index (χ4v) is 2.63. The van der Waals surface area contributed by atoms with Gasteiger partial charge >= 0.3 is 0 Å². The summed E-state index contributed by atoms with van der Waals surface area (Å²) in [5, 5.41) is 0. The molecule has 92 valence electrons. The van der Waals surface area contributed by atoms with E-state index in [1.807, 2.05) is 29.8 Å². The molecule has 0 atom stereocenters. The Morgan fingerprint density at radius 2 is 2.06 bits per heavy atom. The van der Waals surface area contributed by atoms with Gasteiger partial charge in [-0.25, -0.2) is 0 Å². The van der Waals surface area contributed by atoms with Crippen LogP contribution in [0.15, 0.2) is 22.8 Å². The molecule has 4 heteroatoms. The maximum Gasteiger partial charge on any atom is 0.249 e. The molecule has 0 radical (unpaired) electrons. The second-order valence-corrected chi connectivity index (χ2v) is 5.55. The van der Waals surface area contributed by atoms with Crippen molar-refractivity contribution in [3.63, 3.8) is 0 Å². The topological polar surface area (TPSA) is 24.2 Å². The van der Waals surface area contributed by atoms with Crippen molar-refractivity contribution in [1.29, 1.82) is 0 Å². The highest BCUT2D eigenvalue weighted by atomic mass is 79.9. The molecule has 1 aliphatic heterocycles. The van der Waals surface area contributed by atoms with E-state index in [9.17, 15) is 4.79 Å². The van der Waals surface area contributed by atoms with E-state index in [-0.39, 0.29) is 11.7 Å². The van der Waals surface area contributed by atoms with Gasteiger partial charge in [0, 0.05) is 34.0 Å². The molecule has 1 saturated heterocycles. The molecule has 0 aromatic carbocycles. The van der Waals surface area contributed by atoms with Crippen molar-refractivity contribution < 1.29 is 9.36 Å². The van der Waals surface area contributed by atoms with Crippen LogP contribution in [0.5, 0.6) is 0 Å². The summed E-state index contributed by atoms with van der Waals surface area (Å²) in [4.78, 5) is 14.7. The van der Waals surface area contributed by atoms with Crippen LogP contribution in [0.1, 0.15) is 23.3 Å². The van der Waals surface area contributed by atoms with Gasteiger partial charge in [0.05, 0.1) is 0 Å². The minimum absolute atomic E-state index is 0.187. The van der Waals surface area contributed by atoms with Crippen LogP contribution < -0.4 is 4.57 Å². The highest BCUT2D eigenvalue weighted by molar-refractivity contribution is 9.10. The first-order chi connectivity index (χ1) is 8.09. The average Bonchev–Trinajstić information content (AvgIpc) is 2.33. The van der Waals surface area contributed by atoms with Crippen molar-refractivity contribution >= 4 is 21.7 Å². The van der Waals surface area contributed by atoms with E-state index in [0.29, 0.717) is 0 Å². The van der Waals surface area contributed by atoms with E-state index < -0.39 is 0 Å². The minimum Gasteiger partial charge on any atom is -0.306 e. The lowest BCUT2D eigenvalue weighted by Gasteiger charge is -2.27. The summed E-state index contributed by atoms with van der Waals surface area (Å²) in [7, 11) is 4.03. The molecule has 1 aromatic rings. The summed E-state index contributed by atoms with van der Waals surface area (Å²) in [6, 6.07) is 5.78. The first-order valence-electron chi connectivity index (χ1n) is 5.97. The number of nitrogens with zero attached hydrogens (tertiary/aromatic N) is 2. The molecule has 2 heterocycles. The van der Waals surface area contributed by atoms with Crippen LogP contribution in [-0.4, -0.2) is 30.8 Å². The second kappa shape index (κ2) is 5.27. The van der Waals surface area contributed by atoms with Gasteiger partial charge in [0.15, 0.2) is 0 Å². The van der Waals surface area contributed by atoms with Gasteiger partial charge in [-0.05, 0) is 39.0 Å². The Bertz CT molecular complexity index is 425. The van der Waals surface area contributed by atoms with Crippen LogP contribution in [-0.2, 0) is 7.05 Å². The maximum absolute atomic E-state index is 12.4. The molecule has 2 rings (SSSR count). The van der Waals surface area contributed by atoms with E-state index in [1.54, 1.807) is 0 Å². The molecular weight excluding hydrogens is 280 g/mol. The lowest BCUT2D eigenvalue weighted by Crippen LogP contribution is -2.41. The summed E-state index contributed by atoms with van der Waals surface area (Å²) in [5.74, 6) is 0.466. The molecule has 3 nitrogen and oxygen atoms in total. The minimum atomic E-state index is 0.187. The van der Waals surface area contributed by atoms with Crippen molar-refractivity contribution in [2.24, 2.45) is 13.0 Å². The molecule has 17 heavy (non-hydrogen) atoms. The van der Waals surface area contributed by atoms with Gasteiger partial charge in [-0.1, -0.05) is 0 Å². The summed E-state index contributed by atoms with van der Waals surface area (Å²) >= 11 is 3.45. The van der Waals surface area contributed by atoms with Crippen molar-refractivity contribution in [3.8, 4) is 0 Å². The van der Waals surface area contributed by atoms with E-state index in [4.69, 9.17) is 0 Å². The molecule has 1 aromatic heterocycles. The Morgan fingerprint density at radius 3 is 2.71 bits per heavy atom. The van der Waals surface area contributed by atoms with Gasteiger partial charge in [-0.3, -0.25) is 4.79 Å². The highest BCUT2D eigenvalue weighted by Gasteiger charge is 2.29. The summed E-state index contributed by atoms with van der Waals surface area (Å²) in [6.07, 6.45) is 1.95. The van der Waals surface area contributed by atoms with Gasteiger partial charge in [0.25, 0.3) is 0 Å². The zero-order valence-corrected chi connectivity index (χ0v) is 11.9. The Labute approximate surface area is 111 Å². The Balaban J connectivity index is 2.17. The number of hydrogen-bond acceptors (Lipinski definition) is 2. The standard InChI is InChI=1S/C13H18BrN2O/c1-15-8-6-10(7-9-15)13(17)11-4-3-5-12(14)16(11)2/h3-5,10H,6-9H2,1-2H3/q+1. The first kappa shape index (κ1) is 12.7. The third kappa shape index (κ3) is 2.75. The molecule has 1 fully saturated rings. The van der Waals surface area contributed by atoms with Crippen molar-refractivity contribution in [2.45, 2.75) is 12.8 Å². The summed E-state index contributed by atoms with van der Waals surface area (Å²) < 4.78 is 2.86. The third-order valence-corrected chi connectivity index (χ3v) is 4.31. The quantitative estimate of drug-likeness (QED) is 0.472. The number of ketones is 1. The van der Waals surface area contributed by atoms with E-state index in [0.717, 1.165) is 36.2 Å². The normalized spacial score (nSPS) is 18.3. The number of piperidine rings is 1. The number of carbonyl (C=O) groups is 1. The number of aromatic nitrogens is 1. The number of likely N-dealkylation sites (tertiary alicyclic amines) is 1. The van der Waals surface area contributed by atoms with Crippen LogP contribution >= 0.6 is 15.9 Å². The van der Waals surface area contributed by atoms with E-state index in [2.05, 4.69) is 27.9 Å². The van der Waals surface area contributed by atoms with Gasteiger partial charge in [0.2, 0.25) is 16.1 Å². The summed E-state index contributed by atoms with van der Waals surface area (Å²) in [5.41, 5.74) is 0.800. The summed E-state index contributed by atoms with van der Waals surface area (Å²) in [6.45, 7) is 2.04. The lowest BCUT2D eigenvalue weighted by atomic mass is 9.91. The van der Waals surface area contributed by atoms with Crippen LogP contribution in [0, 0.1) is 5.92 Å². The molecule has 0 bridgehead atoms. The monoisotopic (exact) mass is 297 g/mol. The van der Waals surface area contributed by atoms with Gasteiger partial charge in [-0.15, -0.1) is 0 Å². The fourth-order valence-electron chi connectivity index (χ4n) is 2.28. The van der Waals surface area contributed by atoms with Gasteiger partial charge < -0.3 is 4.90 Å². The number of Topliss-reactive ketones (excluding diaryl/α,β-unsaturated/α-hetero) is 1. The molecule has 1 aliphatic rings. The smallest absolute Gasteiger partial charge is 0.249 e. The second-order valence-electron chi connectivity index (χ2n) is 4.73. The number of rotatable bonds is 2. The predicted molar refractivity (Wildman–Crippen MR) is 69.9 cm³/mol. The Kier molecular flexibility index (Phi) is 3.94. The largest absolute Gasteiger partial charge is 0.306 e. The maximum atomic E-state index is 12.4. The Hall–Kier alpha value is -0.740. The molecule has 0 aliphatic carbocycles. The van der Waals surface area contributed by atoms with Gasteiger partial charge in [0.1, 0.15) is 7.05 Å². The SMILES string of the molecule is CN1CCC(C(=O)c2cccc(Br)[n+]2C)CC1. The van der Waals surface area contributed by atoms with Crippen LogP contribution in [0.3, 0.4) is 0 Å². The Morgan fingerprint density at radius 1 is 1.41 bits per heavy atom. The first-order valence-corrected chi connectivity index (χ1v) is 6.76. The highest BCUT2D eigenvalue weighted by Crippen LogP contribution is 2.20. The zero-order valence-electron chi connectivity index (χ0n) is 10.3. The van der Waals surface area contributed by atoms with E-state index in [1.165, 1.54) is 0 Å². The third-order valence-electron chi connectivity index (χ3n) is 3.51. The van der Waals surface area contributed by atoms with Crippen molar-refractivity contribution in [3.05, 3.63) is 28.5 Å². The van der Waals surface area contributed by atoms with Gasteiger partial charge in [-0.2, -0.15) is 4.57 Å². The number of hydrogen-bond donors (Lipinski definition) is 0. The molecule has 0 spiro atoms. The molecule has 0 N–H and O–H groups in total.